The van der Waals surface area contributed by atoms with Crippen LogP contribution in [-0.4, -0.2) is 41.1 Å². The van der Waals surface area contributed by atoms with Gasteiger partial charge in [-0.15, -0.1) is 0 Å². The van der Waals surface area contributed by atoms with Gasteiger partial charge in [-0.3, -0.25) is 4.79 Å². The minimum absolute atomic E-state index is 0. The molecule has 1 aromatic heterocycles. The first-order valence-corrected chi connectivity index (χ1v) is 11.6. The van der Waals surface area contributed by atoms with Crippen LogP contribution in [0, 0.1) is 18.6 Å². The monoisotopic (exact) mass is 541 g/mol. The fourth-order valence-corrected chi connectivity index (χ4v) is 4.05. The molecular weight excluding hydrogens is 521 g/mol. The summed E-state index contributed by atoms with van der Waals surface area (Å²) in [4.78, 5) is 40.4. The Kier molecular flexibility index (Phi) is 10.6. The number of carbonyl (C=O) groups is 1. The number of halogens is 2. The summed E-state index contributed by atoms with van der Waals surface area (Å²) >= 11 is 0. The van der Waals surface area contributed by atoms with E-state index in [0.29, 0.717) is 6.07 Å². The van der Waals surface area contributed by atoms with Gasteiger partial charge in [0, 0.05) is 38.2 Å². The maximum Gasteiger partial charge on any atom is 1.00 e. The Morgan fingerprint density at radius 2 is 1.94 bits per heavy atom. The molecule has 15 heteroatoms. The van der Waals surface area contributed by atoms with Crippen LogP contribution in [-0.2, 0) is 15.8 Å². The summed E-state index contributed by atoms with van der Waals surface area (Å²) < 4.78 is 56.6. The van der Waals surface area contributed by atoms with Gasteiger partial charge in [0.1, 0.15) is 47.3 Å². The van der Waals surface area contributed by atoms with Crippen molar-refractivity contribution in [3.63, 3.8) is 0 Å². The van der Waals surface area contributed by atoms with Crippen molar-refractivity contribution >= 4 is 24.8 Å². The molecule has 36 heavy (non-hydrogen) atoms. The van der Waals surface area contributed by atoms with Gasteiger partial charge in [-0.25, -0.2) is 13.8 Å². The zero-order valence-electron chi connectivity index (χ0n) is 20.4. The number of phosphoric ester groups is 1. The van der Waals surface area contributed by atoms with Gasteiger partial charge in [0.15, 0.2) is 0 Å². The van der Waals surface area contributed by atoms with Gasteiger partial charge in [0.2, 0.25) is 0 Å². The normalized spacial score (nSPS) is 14.8. The first-order chi connectivity index (χ1) is 15.9. The average molecular weight is 541 g/mol. The molecule has 0 unspecified atom stereocenters. The van der Waals surface area contributed by atoms with Gasteiger partial charge in [-0.1, -0.05) is 0 Å². The number of hydrogen-bond donors (Lipinski definition) is 0. The van der Waals surface area contributed by atoms with E-state index < -0.39 is 32.3 Å². The molecule has 0 bridgehead atoms. The number of aryl methyl sites for hydroxylation is 1. The molecule has 182 valence electrons. The van der Waals surface area contributed by atoms with Gasteiger partial charge in [-0.2, -0.15) is 0 Å². The van der Waals surface area contributed by atoms with Crippen molar-refractivity contribution in [2.45, 2.75) is 26.2 Å². The van der Waals surface area contributed by atoms with Crippen LogP contribution >= 0.6 is 7.82 Å². The molecule has 0 saturated heterocycles. The Morgan fingerprint density at radius 1 is 1.25 bits per heavy atom. The molecule has 0 fully saturated rings. The molecule has 0 spiro atoms. The van der Waals surface area contributed by atoms with Crippen molar-refractivity contribution in [1.82, 2.24) is 14.5 Å². The Morgan fingerprint density at radius 3 is 2.58 bits per heavy atom. The Labute approximate surface area is 249 Å². The number of fused-ring (bicyclic) bond motifs is 2. The number of phosphoric acid groups is 1. The van der Waals surface area contributed by atoms with Gasteiger partial charge < -0.3 is 37.8 Å². The standard InChI is InChI=1S/C21H22F2N3O7P.2Na/c1-11-24-15-6-12(21(27)25(2)3)7-18(20(15)26(11)10-32-34(28,29)30)33-16-4-5-31-17-9-13(22)8-14(23)19(16)17;;/h6-9,16H,4-5,10H2,1-3H3,(H2,28,29,30);;/q;2*+1/p-2/t16-;;/m0../s1. The summed E-state index contributed by atoms with van der Waals surface area (Å²) in [6.07, 6.45) is -0.699. The van der Waals surface area contributed by atoms with Crippen LogP contribution in [0.15, 0.2) is 24.3 Å². The van der Waals surface area contributed by atoms with Crippen LogP contribution < -0.4 is 78.4 Å². The van der Waals surface area contributed by atoms with Gasteiger partial charge in [0.25, 0.3) is 5.91 Å². The molecule has 1 aliphatic heterocycles. The molecule has 0 N–H and O–H groups in total. The number of aromatic nitrogens is 2. The summed E-state index contributed by atoms with van der Waals surface area (Å²) in [5, 5.41) is 0. The van der Waals surface area contributed by atoms with E-state index in [1.54, 1.807) is 21.0 Å². The Bertz CT molecular complexity index is 1330. The van der Waals surface area contributed by atoms with Crippen molar-refractivity contribution in [3.05, 3.63) is 52.9 Å². The number of amides is 1. The minimum Gasteiger partial charge on any atom is -0.790 e. The summed E-state index contributed by atoms with van der Waals surface area (Å²) in [6, 6.07) is 4.66. The predicted octanol–water partition coefficient (Wildman–Crippen LogP) is -3.96. The quantitative estimate of drug-likeness (QED) is 0.229. The third-order valence-corrected chi connectivity index (χ3v) is 5.71. The summed E-state index contributed by atoms with van der Waals surface area (Å²) in [5.41, 5.74) is 0.718. The molecule has 4 rings (SSSR count). The molecule has 3 aromatic rings. The molecule has 10 nitrogen and oxygen atoms in total. The molecule has 1 amide bonds. The van der Waals surface area contributed by atoms with E-state index in [1.165, 1.54) is 21.6 Å². The smallest absolute Gasteiger partial charge is 0.790 e. The molecule has 0 saturated carbocycles. The number of benzene rings is 2. The summed E-state index contributed by atoms with van der Waals surface area (Å²) in [7, 11) is -2.18. The van der Waals surface area contributed by atoms with Crippen LogP contribution in [0.1, 0.15) is 34.3 Å². The molecule has 1 aliphatic rings. The number of ether oxygens (including phenoxy) is 2. The third kappa shape index (κ3) is 6.68. The fourth-order valence-electron chi connectivity index (χ4n) is 3.79. The maximum absolute atomic E-state index is 14.6. The van der Waals surface area contributed by atoms with Crippen molar-refractivity contribution in [2.75, 3.05) is 20.7 Å². The van der Waals surface area contributed by atoms with Crippen molar-refractivity contribution < 1.29 is 101 Å². The SMILES string of the molecule is Cc1nc2cc(C(=O)N(C)C)cc(O[C@H]3CCOc4cc(F)cc(F)c43)c2n1COP(=O)([O-])[O-].[Na+].[Na+]. The van der Waals surface area contributed by atoms with E-state index in [0.717, 1.165) is 6.07 Å². The molecule has 2 aromatic carbocycles. The second kappa shape index (κ2) is 12.2. The Hall–Kier alpha value is -1.05. The van der Waals surface area contributed by atoms with Crippen LogP contribution in [0.25, 0.3) is 11.0 Å². The van der Waals surface area contributed by atoms with Crippen molar-refractivity contribution in [3.8, 4) is 11.5 Å². The number of rotatable bonds is 6. The molecule has 0 aliphatic carbocycles. The van der Waals surface area contributed by atoms with Gasteiger partial charge in [-0.05, 0) is 19.1 Å². The zero-order chi connectivity index (χ0) is 24.8. The largest absolute Gasteiger partial charge is 1.00 e. The number of hydrogen-bond acceptors (Lipinski definition) is 8. The van der Waals surface area contributed by atoms with E-state index in [9.17, 15) is 27.9 Å². The van der Waals surface area contributed by atoms with E-state index >= 15 is 0 Å². The van der Waals surface area contributed by atoms with Crippen molar-refractivity contribution in [1.29, 1.82) is 0 Å². The number of imidazole rings is 1. The predicted molar refractivity (Wildman–Crippen MR) is 111 cm³/mol. The minimum atomic E-state index is -5.30. The second-order valence-electron chi connectivity index (χ2n) is 7.88. The first kappa shape index (κ1) is 31.2. The summed E-state index contributed by atoms with van der Waals surface area (Å²) in [6.45, 7) is 0.998. The molecule has 2 heterocycles. The second-order valence-corrected chi connectivity index (χ2v) is 9.03. The van der Waals surface area contributed by atoms with E-state index in [1.807, 2.05) is 0 Å². The van der Waals surface area contributed by atoms with Gasteiger partial charge >= 0.3 is 59.1 Å². The van der Waals surface area contributed by atoms with Crippen LogP contribution in [0.3, 0.4) is 0 Å². The van der Waals surface area contributed by atoms with Crippen molar-refractivity contribution in [2.24, 2.45) is 0 Å². The number of nitrogens with zero attached hydrogens (tertiary/aromatic N) is 3. The number of carbonyl (C=O) groups excluding carboxylic acids is 1. The summed E-state index contributed by atoms with van der Waals surface area (Å²) in [5.74, 6) is -1.67. The molecule has 1 atom stereocenters. The van der Waals surface area contributed by atoms with Gasteiger partial charge in [0.05, 0.1) is 25.5 Å². The fraction of sp³-hybridized carbons (Fsp3) is 0.333. The maximum atomic E-state index is 14.6. The topological polar surface area (TPSA) is 129 Å². The van der Waals surface area contributed by atoms with Crippen LogP contribution in [0.4, 0.5) is 8.78 Å². The zero-order valence-corrected chi connectivity index (χ0v) is 25.3. The van der Waals surface area contributed by atoms with E-state index in [4.69, 9.17) is 9.47 Å². The van der Waals surface area contributed by atoms with Crippen LogP contribution in [0.2, 0.25) is 0 Å². The Balaban J connectivity index is 0.00000228. The van der Waals surface area contributed by atoms with E-state index in [2.05, 4.69) is 9.51 Å². The third-order valence-electron chi connectivity index (χ3n) is 5.28. The molecule has 0 radical (unpaired) electrons. The molecular formula is C21H20F2N3Na2O7P. The van der Waals surface area contributed by atoms with Crippen LogP contribution in [0.5, 0.6) is 11.5 Å². The average Bonchev–Trinajstić information content (AvgIpc) is 3.05. The first-order valence-electron chi connectivity index (χ1n) is 10.1. The van der Waals surface area contributed by atoms with E-state index in [-0.39, 0.29) is 118 Å².